The third-order valence-corrected chi connectivity index (χ3v) is 2.16. The van der Waals surface area contributed by atoms with Crippen molar-refractivity contribution in [3.8, 4) is 0 Å². The average Bonchev–Trinajstić information content (AvgIpc) is 2.13. The Hall–Kier alpha value is -0.860. The molecule has 0 amide bonds. The Kier molecular flexibility index (Phi) is 3.46. The summed E-state index contributed by atoms with van der Waals surface area (Å²) in [6.45, 7) is 3.64. The van der Waals surface area contributed by atoms with Crippen molar-refractivity contribution in [1.29, 1.82) is 0 Å². The molecule has 0 bridgehead atoms. The van der Waals surface area contributed by atoms with Gasteiger partial charge in [-0.1, -0.05) is 23.7 Å². The van der Waals surface area contributed by atoms with Crippen molar-refractivity contribution in [2.24, 2.45) is 0 Å². The minimum absolute atomic E-state index is 0.0354. The zero-order chi connectivity index (χ0) is 9.84. The number of rotatable bonds is 3. The van der Waals surface area contributed by atoms with Crippen LogP contribution in [0.5, 0.6) is 0 Å². The summed E-state index contributed by atoms with van der Waals surface area (Å²) in [5.41, 5.74) is 0.819. The molecule has 0 saturated heterocycles. The van der Waals surface area contributed by atoms with Crippen LogP contribution in [0, 0.1) is 5.82 Å². The van der Waals surface area contributed by atoms with Crippen LogP contribution in [-0.2, 0) is 0 Å². The Morgan fingerprint density at radius 2 is 2.31 bits per heavy atom. The second-order valence-corrected chi connectivity index (χ2v) is 3.08. The van der Waals surface area contributed by atoms with Gasteiger partial charge in [0.15, 0.2) is 0 Å². The SMILES string of the molecule is C=CC(NC)c1ccc(Cl)c(F)c1. The van der Waals surface area contributed by atoms with Gasteiger partial charge in [0.25, 0.3) is 0 Å². The van der Waals surface area contributed by atoms with E-state index in [1.54, 1.807) is 25.3 Å². The molecular formula is C10H11ClFN. The molecule has 1 nitrogen and oxygen atoms in total. The third-order valence-electron chi connectivity index (χ3n) is 1.85. The number of hydrogen-bond acceptors (Lipinski definition) is 1. The van der Waals surface area contributed by atoms with Crippen LogP contribution in [0.2, 0.25) is 5.02 Å². The van der Waals surface area contributed by atoms with Gasteiger partial charge in [0.1, 0.15) is 5.82 Å². The second kappa shape index (κ2) is 4.40. The molecule has 0 aromatic heterocycles. The van der Waals surface area contributed by atoms with E-state index in [4.69, 9.17) is 11.6 Å². The van der Waals surface area contributed by atoms with Gasteiger partial charge in [0.05, 0.1) is 11.1 Å². The molecule has 0 saturated carbocycles. The van der Waals surface area contributed by atoms with Crippen LogP contribution in [0.25, 0.3) is 0 Å². The summed E-state index contributed by atoms with van der Waals surface area (Å²) in [6, 6.07) is 4.69. The fraction of sp³-hybridized carbons (Fsp3) is 0.200. The first kappa shape index (κ1) is 10.2. The number of nitrogens with one attached hydrogen (secondary N) is 1. The Morgan fingerprint density at radius 3 is 2.77 bits per heavy atom. The van der Waals surface area contributed by atoms with E-state index in [9.17, 15) is 4.39 Å². The quantitative estimate of drug-likeness (QED) is 0.739. The van der Waals surface area contributed by atoms with Crippen molar-refractivity contribution in [1.82, 2.24) is 5.32 Å². The van der Waals surface area contributed by atoms with Crippen molar-refractivity contribution in [3.05, 3.63) is 47.3 Å². The van der Waals surface area contributed by atoms with Crippen LogP contribution in [0.4, 0.5) is 4.39 Å². The van der Waals surface area contributed by atoms with Gasteiger partial charge in [-0.15, -0.1) is 6.58 Å². The zero-order valence-electron chi connectivity index (χ0n) is 7.35. The van der Waals surface area contributed by atoms with Crippen molar-refractivity contribution in [2.45, 2.75) is 6.04 Å². The van der Waals surface area contributed by atoms with E-state index in [0.29, 0.717) is 0 Å². The summed E-state index contributed by atoms with van der Waals surface area (Å²) in [4.78, 5) is 0. The molecule has 3 heteroatoms. The van der Waals surface area contributed by atoms with E-state index in [1.807, 2.05) is 0 Å². The molecule has 0 spiro atoms. The molecular weight excluding hydrogens is 189 g/mol. The van der Waals surface area contributed by atoms with E-state index in [2.05, 4.69) is 11.9 Å². The first-order valence-electron chi connectivity index (χ1n) is 3.93. The highest BCUT2D eigenvalue weighted by molar-refractivity contribution is 6.30. The van der Waals surface area contributed by atoms with Gasteiger partial charge in [0.2, 0.25) is 0 Å². The first-order valence-corrected chi connectivity index (χ1v) is 4.31. The molecule has 1 atom stereocenters. The van der Waals surface area contributed by atoms with Crippen LogP contribution in [-0.4, -0.2) is 7.05 Å². The van der Waals surface area contributed by atoms with E-state index in [1.165, 1.54) is 6.07 Å². The fourth-order valence-electron chi connectivity index (χ4n) is 1.13. The maximum absolute atomic E-state index is 13.0. The highest BCUT2D eigenvalue weighted by atomic mass is 35.5. The van der Waals surface area contributed by atoms with Gasteiger partial charge in [-0.2, -0.15) is 0 Å². The third kappa shape index (κ3) is 2.29. The van der Waals surface area contributed by atoms with Gasteiger partial charge in [0, 0.05) is 0 Å². The fourth-order valence-corrected chi connectivity index (χ4v) is 1.24. The molecule has 70 valence electrons. The normalized spacial score (nSPS) is 12.5. The predicted molar refractivity (Wildman–Crippen MR) is 53.4 cm³/mol. The molecule has 1 N–H and O–H groups in total. The van der Waals surface area contributed by atoms with Gasteiger partial charge in [-0.25, -0.2) is 4.39 Å². The summed E-state index contributed by atoms with van der Waals surface area (Å²) in [5, 5.41) is 3.13. The Morgan fingerprint density at radius 1 is 1.62 bits per heavy atom. The van der Waals surface area contributed by atoms with Crippen LogP contribution < -0.4 is 5.32 Å². The number of likely N-dealkylation sites (N-methyl/N-ethyl adjacent to an activating group) is 1. The molecule has 0 radical (unpaired) electrons. The molecule has 13 heavy (non-hydrogen) atoms. The summed E-state index contributed by atoms with van der Waals surface area (Å²) in [7, 11) is 1.79. The topological polar surface area (TPSA) is 12.0 Å². The molecule has 1 aromatic carbocycles. The van der Waals surface area contributed by atoms with Gasteiger partial charge in [-0.3, -0.25) is 0 Å². The lowest BCUT2D eigenvalue weighted by atomic mass is 10.1. The standard InChI is InChI=1S/C10H11ClFN/c1-3-10(13-2)7-4-5-8(11)9(12)6-7/h3-6,10,13H,1H2,2H3. The highest BCUT2D eigenvalue weighted by Crippen LogP contribution is 2.20. The highest BCUT2D eigenvalue weighted by Gasteiger charge is 2.06. The lowest BCUT2D eigenvalue weighted by molar-refractivity contribution is 0.619. The van der Waals surface area contributed by atoms with Gasteiger partial charge in [-0.05, 0) is 24.7 Å². The number of benzene rings is 1. The van der Waals surface area contributed by atoms with Crippen molar-refractivity contribution >= 4 is 11.6 Å². The molecule has 1 rings (SSSR count). The van der Waals surface area contributed by atoms with E-state index in [-0.39, 0.29) is 11.1 Å². The first-order chi connectivity index (χ1) is 6.19. The summed E-state index contributed by atoms with van der Waals surface area (Å²) in [6.07, 6.45) is 1.71. The second-order valence-electron chi connectivity index (χ2n) is 2.68. The van der Waals surface area contributed by atoms with Crippen molar-refractivity contribution in [2.75, 3.05) is 7.05 Å². The number of halogens is 2. The average molecular weight is 200 g/mol. The van der Waals surface area contributed by atoms with Crippen LogP contribution in [0.15, 0.2) is 30.9 Å². The van der Waals surface area contributed by atoms with E-state index >= 15 is 0 Å². The van der Waals surface area contributed by atoms with Crippen LogP contribution in [0.3, 0.4) is 0 Å². The monoisotopic (exact) mass is 199 g/mol. The molecule has 0 heterocycles. The van der Waals surface area contributed by atoms with Crippen molar-refractivity contribution in [3.63, 3.8) is 0 Å². The Balaban J connectivity index is 3.01. The van der Waals surface area contributed by atoms with Gasteiger partial charge < -0.3 is 5.32 Å². The maximum atomic E-state index is 13.0. The minimum Gasteiger partial charge on any atom is -0.310 e. The molecule has 0 aliphatic heterocycles. The maximum Gasteiger partial charge on any atom is 0.142 e. The smallest absolute Gasteiger partial charge is 0.142 e. The lowest BCUT2D eigenvalue weighted by Gasteiger charge is -2.11. The zero-order valence-corrected chi connectivity index (χ0v) is 8.11. The largest absolute Gasteiger partial charge is 0.310 e. The van der Waals surface area contributed by atoms with E-state index < -0.39 is 5.82 Å². The lowest BCUT2D eigenvalue weighted by Crippen LogP contribution is -2.13. The Bertz CT molecular complexity index is 312. The minimum atomic E-state index is -0.402. The van der Waals surface area contributed by atoms with Gasteiger partial charge >= 0.3 is 0 Å². The van der Waals surface area contributed by atoms with E-state index in [0.717, 1.165) is 5.56 Å². The van der Waals surface area contributed by atoms with Crippen LogP contribution in [0.1, 0.15) is 11.6 Å². The van der Waals surface area contributed by atoms with Crippen molar-refractivity contribution < 1.29 is 4.39 Å². The molecule has 1 aromatic rings. The Labute approximate surface area is 82.2 Å². The summed E-state index contributed by atoms with van der Waals surface area (Å²) in [5.74, 6) is -0.402. The van der Waals surface area contributed by atoms with Crippen LogP contribution >= 0.6 is 11.6 Å². The number of hydrogen-bond donors (Lipinski definition) is 1. The molecule has 0 aliphatic rings. The molecule has 1 unspecified atom stereocenters. The molecule has 0 fully saturated rings. The summed E-state index contributed by atoms with van der Waals surface area (Å²) < 4.78 is 13.0. The molecule has 0 aliphatic carbocycles. The summed E-state index contributed by atoms with van der Waals surface area (Å²) >= 11 is 5.55. The predicted octanol–water partition coefficient (Wildman–Crippen LogP) is 2.93.